The summed E-state index contributed by atoms with van der Waals surface area (Å²) in [4.78, 5) is 5.23. The van der Waals surface area contributed by atoms with Gasteiger partial charge in [-0.15, -0.1) is 0 Å². The first kappa shape index (κ1) is 10.4. The molecule has 0 aliphatic heterocycles. The van der Waals surface area contributed by atoms with Crippen molar-refractivity contribution in [3.05, 3.63) is 65.7 Å². The number of aryl methyl sites for hydroxylation is 1. The molecule has 0 fully saturated rings. The van der Waals surface area contributed by atoms with Crippen LogP contribution in [0.2, 0.25) is 0 Å². The molecule has 0 heterocycles. The Morgan fingerprint density at radius 2 is 1.62 bits per heavy atom. The molecule has 0 aromatic heterocycles. The normalized spacial score (nSPS) is 10.6. The number of hydrogen-bond acceptors (Lipinski definition) is 2. The van der Waals surface area contributed by atoms with E-state index in [0.717, 1.165) is 11.3 Å². The van der Waals surface area contributed by atoms with Crippen molar-refractivity contribution in [2.24, 2.45) is 5.16 Å². The van der Waals surface area contributed by atoms with E-state index in [0.29, 0.717) is 0 Å². The lowest BCUT2D eigenvalue weighted by Crippen LogP contribution is -1.86. The molecule has 0 atom stereocenters. The van der Waals surface area contributed by atoms with Crippen LogP contribution in [0.25, 0.3) is 0 Å². The van der Waals surface area contributed by atoms with Crippen LogP contribution in [0.1, 0.15) is 11.1 Å². The minimum absolute atomic E-state index is 0.748. The van der Waals surface area contributed by atoms with E-state index >= 15 is 0 Å². The van der Waals surface area contributed by atoms with Crippen LogP contribution in [-0.2, 0) is 0 Å². The van der Waals surface area contributed by atoms with E-state index < -0.39 is 0 Å². The van der Waals surface area contributed by atoms with E-state index in [1.54, 1.807) is 6.21 Å². The van der Waals surface area contributed by atoms with Crippen LogP contribution in [-0.4, -0.2) is 6.21 Å². The van der Waals surface area contributed by atoms with Crippen molar-refractivity contribution in [2.45, 2.75) is 6.92 Å². The summed E-state index contributed by atoms with van der Waals surface area (Å²) in [6, 6.07) is 17.6. The summed E-state index contributed by atoms with van der Waals surface area (Å²) < 4.78 is 0. The van der Waals surface area contributed by atoms with Gasteiger partial charge in [0, 0.05) is 0 Å². The van der Waals surface area contributed by atoms with Crippen molar-refractivity contribution in [3.8, 4) is 5.75 Å². The first-order chi connectivity index (χ1) is 7.84. The standard InChI is InChI=1S/C14H13NO/c1-12-7-9-14(10-8-12)16-15-11-13-5-3-2-4-6-13/h2-11H,1H3/b15-11-. The molecule has 2 rings (SSSR count). The highest BCUT2D eigenvalue weighted by molar-refractivity contribution is 5.78. The summed E-state index contributed by atoms with van der Waals surface area (Å²) in [7, 11) is 0. The highest BCUT2D eigenvalue weighted by atomic mass is 16.6. The number of oxime groups is 1. The van der Waals surface area contributed by atoms with Crippen molar-refractivity contribution in [1.82, 2.24) is 0 Å². The molecule has 0 radical (unpaired) electrons. The van der Waals surface area contributed by atoms with Gasteiger partial charge in [-0.25, -0.2) is 0 Å². The van der Waals surface area contributed by atoms with Gasteiger partial charge >= 0.3 is 0 Å². The Balaban J connectivity index is 1.97. The largest absolute Gasteiger partial charge is 0.357 e. The average Bonchev–Trinajstić information content (AvgIpc) is 2.33. The molecule has 80 valence electrons. The van der Waals surface area contributed by atoms with E-state index in [-0.39, 0.29) is 0 Å². The number of rotatable bonds is 3. The summed E-state index contributed by atoms with van der Waals surface area (Å²) >= 11 is 0. The van der Waals surface area contributed by atoms with Crippen molar-refractivity contribution in [2.75, 3.05) is 0 Å². The van der Waals surface area contributed by atoms with Crippen molar-refractivity contribution < 1.29 is 4.84 Å². The molecule has 16 heavy (non-hydrogen) atoms. The van der Waals surface area contributed by atoms with Crippen LogP contribution in [0, 0.1) is 6.92 Å². The highest BCUT2D eigenvalue weighted by Crippen LogP contribution is 2.11. The van der Waals surface area contributed by atoms with Crippen molar-refractivity contribution in [3.63, 3.8) is 0 Å². The maximum atomic E-state index is 5.23. The zero-order valence-corrected chi connectivity index (χ0v) is 9.13. The van der Waals surface area contributed by atoms with Gasteiger partial charge in [0.15, 0.2) is 5.75 Å². The predicted molar refractivity (Wildman–Crippen MR) is 65.8 cm³/mol. The Morgan fingerprint density at radius 1 is 0.938 bits per heavy atom. The molecular formula is C14H13NO. The summed E-state index contributed by atoms with van der Waals surface area (Å²) in [5.41, 5.74) is 2.23. The monoisotopic (exact) mass is 211 g/mol. The first-order valence-corrected chi connectivity index (χ1v) is 5.17. The molecule has 0 aliphatic rings. The lowest BCUT2D eigenvalue weighted by Gasteiger charge is -1.98. The Labute approximate surface area is 95.2 Å². The zero-order valence-electron chi connectivity index (χ0n) is 9.13. The third-order valence-electron chi connectivity index (χ3n) is 2.18. The number of nitrogens with zero attached hydrogens (tertiary/aromatic N) is 1. The Kier molecular flexibility index (Phi) is 3.34. The minimum atomic E-state index is 0.748. The fraction of sp³-hybridized carbons (Fsp3) is 0.0714. The molecule has 2 heteroatoms. The van der Waals surface area contributed by atoms with Crippen LogP contribution >= 0.6 is 0 Å². The molecule has 0 saturated carbocycles. The van der Waals surface area contributed by atoms with Gasteiger partial charge in [0.05, 0.1) is 6.21 Å². The van der Waals surface area contributed by atoms with Crippen LogP contribution in [0.15, 0.2) is 59.8 Å². The van der Waals surface area contributed by atoms with E-state index in [1.165, 1.54) is 5.56 Å². The molecule has 2 nitrogen and oxygen atoms in total. The molecule has 0 saturated heterocycles. The van der Waals surface area contributed by atoms with Crippen molar-refractivity contribution in [1.29, 1.82) is 0 Å². The second kappa shape index (κ2) is 5.12. The van der Waals surface area contributed by atoms with Gasteiger partial charge in [0.2, 0.25) is 0 Å². The summed E-state index contributed by atoms with van der Waals surface area (Å²) in [5.74, 6) is 0.748. The quantitative estimate of drug-likeness (QED) is 0.563. The van der Waals surface area contributed by atoms with Crippen LogP contribution in [0.3, 0.4) is 0 Å². The maximum absolute atomic E-state index is 5.23. The third kappa shape index (κ3) is 2.95. The SMILES string of the molecule is Cc1ccc(O/N=C\c2ccccc2)cc1. The second-order valence-electron chi connectivity index (χ2n) is 3.55. The summed E-state index contributed by atoms with van der Waals surface area (Å²) in [5, 5.41) is 3.92. The smallest absolute Gasteiger partial charge is 0.157 e. The van der Waals surface area contributed by atoms with E-state index in [9.17, 15) is 0 Å². The zero-order chi connectivity index (χ0) is 11.2. The lowest BCUT2D eigenvalue weighted by molar-refractivity contribution is 0.344. The molecule has 0 aliphatic carbocycles. The Hall–Kier alpha value is -2.09. The first-order valence-electron chi connectivity index (χ1n) is 5.17. The topological polar surface area (TPSA) is 21.6 Å². The molecular weight excluding hydrogens is 198 g/mol. The van der Waals surface area contributed by atoms with Gasteiger partial charge in [-0.2, -0.15) is 0 Å². The average molecular weight is 211 g/mol. The summed E-state index contributed by atoms with van der Waals surface area (Å²) in [6.45, 7) is 2.04. The number of hydrogen-bond donors (Lipinski definition) is 0. The molecule has 0 unspecified atom stereocenters. The van der Waals surface area contributed by atoms with E-state index in [1.807, 2.05) is 61.5 Å². The molecule has 0 N–H and O–H groups in total. The summed E-state index contributed by atoms with van der Waals surface area (Å²) in [6.07, 6.45) is 1.69. The lowest BCUT2D eigenvalue weighted by atomic mass is 10.2. The second-order valence-corrected chi connectivity index (χ2v) is 3.55. The third-order valence-corrected chi connectivity index (χ3v) is 2.18. The van der Waals surface area contributed by atoms with Gasteiger partial charge in [-0.3, -0.25) is 0 Å². The molecule has 2 aromatic carbocycles. The Morgan fingerprint density at radius 3 is 2.31 bits per heavy atom. The van der Waals surface area contributed by atoms with E-state index in [2.05, 4.69) is 5.16 Å². The van der Waals surface area contributed by atoms with Gasteiger partial charge in [0.1, 0.15) is 0 Å². The van der Waals surface area contributed by atoms with Gasteiger partial charge in [0.25, 0.3) is 0 Å². The van der Waals surface area contributed by atoms with Gasteiger partial charge in [-0.05, 0) is 24.6 Å². The van der Waals surface area contributed by atoms with Crippen molar-refractivity contribution >= 4 is 6.21 Å². The predicted octanol–water partition coefficient (Wildman–Crippen LogP) is 3.41. The minimum Gasteiger partial charge on any atom is -0.357 e. The number of benzene rings is 2. The molecule has 0 spiro atoms. The fourth-order valence-corrected chi connectivity index (χ4v) is 1.29. The molecule has 0 bridgehead atoms. The Bertz CT molecular complexity index is 460. The van der Waals surface area contributed by atoms with Crippen LogP contribution < -0.4 is 4.84 Å². The highest BCUT2D eigenvalue weighted by Gasteiger charge is 1.90. The van der Waals surface area contributed by atoms with Crippen LogP contribution in [0.4, 0.5) is 0 Å². The molecule has 2 aromatic rings. The van der Waals surface area contributed by atoms with Gasteiger partial charge < -0.3 is 4.84 Å². The molecule has 0 amide bonds. The van der Waals surface area contributed by atoms with E-state index in [4.69, 9.17) is 4.84 Å². The van der Waals surface area contributed by atoms with Gasteiger partial charge in [-0.1, -0.05) is 53.2 Å². The van der Waals surface area contributed by atoms with Crippen LogP contribution in [0.5, 0.6) is 5.75 Å². The maximum Gasteiger partial charge on any atom is 0.157 e. The fourth-order valence-electron chi connectivity index (χ4n) is 1.29.